The number of pyridine rings is 1. The van der Waals surface area contributed by atoms with Crippen molar-refractivity contribution in [2.45, 2.75) is 37.8 Å². The summed E-state index contributed by atoms with van der Waals surface area (Å²) in [6.07, 6.45) is 9.15. The summed E-state index contributed by atoms with van der Waals surface area (Å²) in [7, 11) is 3.31. The van der Waals surface area contributed by atoms with Gasteiger partial charge in [-0.15, -0.1) is 0 Å². The third-order valence-electron chi connectivity index (χ3n) is 4.37. The van der Waals surface area contributed by atoms with Crippen LogP contribution in [-0.2, 0) is 4.74 Å². The van der Waals surface area contributed by atoms with Gasteiger partial charge in [-0.1, -0.05) is 0 Å². The fourth-order valence-electron chi connectivity index (χ4n) is 2.95. The molecular weight excluding hydrogens is 308 g/mol. The molecule has 24 heavy (non-hydrogen) atoms. The first-order chi connectivity index (χ1) is 11.7. The predicted molar refractivity (Wildman–Crippen MR) is 88.4 cm³/mol. The van der Waals surface area contributed by atoms with Gasteiger partial charge < -0.3 is 14.8 Å². The van der Waals surface area contributed by atoms with Gasteiger partial charge in [0.15, 0.2) is 0 Å². The molecule has 7 heteroatoms. The Hall–Kier alpha value is -2.41. The van der Waals surface area contributed by atoms with Gasteiger partial charge in [0.1, 0.15) is 23.6 Å². The zero-order valence-corrected chi connectivity index (χ0v) is 13.9. The molecule has 1 aliphatic carbocycles. The Bertz CT molecular complexity index is 679. The zero-order valence-electron chi connectivity index (χ0n) is 13.9. The number of nitrogens with one attached hydrogen (secondary N) is 1. The zero-order chi connectivity index (χ0) is 16.9. The van der Waals surface area contributed by atoms with Crippen LogP contribution in [0.4, 0.5) is 0 Å². The number of carbonyl (C=O) groups excluding carboxylic acids is 1. The minimum Gasteiger partial charge on any atom is -0.497 e. The number of hydrogen-bond donors (Lipinski definition) is 1. The number of rotatable bonds is 5. The molecule has 2 aromatic heterocycles. The van der Waals surface area contributed by atoms with Crippen molar-refractivity contribution in [1.29, 1.82) is 0 Å². The summed E-state index contributed by atoms with van der Waals surface area (Å²) in [5.74, 6) is 0.998. The van der Waals surface area contributed by atoms with Gasteiger partial charge in [0.25, 0.3) is 5.91 Å². The lowest BCUT2D eigenvalue weighted by molar-refractivity contribution is 0.0598. The van der Waals surface area contributed by atoms with E-state index in [1.165, 1.54) is 0 Å². The van der Waals surface area contributed by atoms with Crippen molar-refractivity contribution in [3.63, 3.8) is 0 Å². The van der Waals surface area contributed by atoms with E-state index in [1.54, 1.807) is 49.6 Å². The van der Waals surface area contributed by atoms with Gasteiger partial charge in [0.2, 0.25) is 0 Å². The average molecular weight is 330 g/mol. The van der Waals surface area contributed by atoms with Gasteiger partial charge in [-0.2, -0.15) is 0 Å². The highest BCUT2D eigenvalue weighted by atomic mass is 16.5. The highest BCUT2D eigenvalue weighted by Crippen LogP contribution is 2.22. The number of hydrogen-bond acceptors (Lipinski definition) is 5. The minimum atomic E-state index is -0.184. The van der Waals surface area contributed by atoms with Gasteiger partial charge in [-0.3, -0.25) is 9.36 Å². The van der Waals surface area contributed by atoms with E-state index in [0.29, 0.717) is 23.4 Å². The van der Waals surface area contributed by atoms with Gasteiger partial charge in [0.05, 0.1) is 13.2 Å². The van der Waals surface area contributed by atoms with E-state index in [1.807, 2.05) is 0 Å². The molecule has 7 nitrogen and oxygen atoms in total. The maximum Gasteiger partial charge on any atom is 0.270 e. The van der Waals surface area contributed by atoms with Crippen molar-refractivity contribution in [2.24, 2.45) is 0 Å². The Kier molecular flexibility index (Phi) is 5.10. The number of ether oxygens (including phenoxy) is 2. The first-order valence-corrected chi connectivity index (χ1v) is 8.07. The molecule has 1 amide bonds. The van der Waals surface area contributed by atoms with Crippen LogP contribution in [0.25, 0.3) is 5.82 Å². The summed E-state index contributed by atoms with van der Waals surface area (Å²) < 4.78 is 12.4. The lowest BCUT2D eigenvalue weighted by Gasteiger charge is -2.28. The van der Waals surface area contributed by atoms with Crippen molar-refractivity contribution >= 4 is 5.91 Å². The summed E-state index contributed by atoms with van der Waals surface area (Å²) in [4.78, 5) is 21.0. The minimum absolute atomic E-state index is 0.161. The van der Waals surface area contributed by atoms with Crippen LogP contribution in [0, 0.1) is 0 Å². The number of carbonyl (C=O) groups is 1. The molecule has 1 N–H and O–H groups in total. The van der Waals surface area contributed by atoms with E-state index in [9.17, 15) is 4.79 Å². The van der Waals surface area contributed by atoms with Gasteiger partial charge in [-0.25, -0.2) is 9.97 Å². The van der Waals surface area contributed by atoms with Crippen molar-refractivity contribution in [1.82, 2.24) is 19.9 Å². The van der Waals surface area contributed by atoms with Crippen LogP contribution in [0.3, 0.4) is 0 Å². The molecule has 0 aliphatic heterocycles. The summed E-state index contributed by atoms with van der Waals surface area (Å²) in [5, 5.41) is 3.07. The summed E-state index contributed by atoms with van der Waals surface area (Å²) >= 11 is 0. The fraction of sp³-hybridized carbons (Fsp3) is 0.471. The van der Waals surface area contributed by atoms with Crippen molar-refractivity contribution in [2.75, 3.05) is 14.2 Å². The molecule has 0 aromatic carbocycles. The SMILES string of the molecule is COc1cc(C(=O)NC2CCC(OC)CC2)nc(-n2ccnc2)c1. The molecular formula is C17H22N4O3. The quantitative estimate of drug-likeness (QED) is 0.907. The largest absolute Gasteiger partial charge is 0.497 e. The van der Waals surface area contributed by atoms with Crippen molar-refractivity contribution < 1.29 is 14.3 Å². The predicted octanol–water partition coefficient (Wildman–Crippen LogP) is 1.96. The molecule has 0 spiro atoms. The van der Waals surface area contributed by atoms with E-state index >= 15 is 0 Å². The third kappa shape index (κ3) is 3.73. The van der Waals surface area contributed by atoms with Gasteiger partial charge in [-0.05, 0) is 25.7 Å². The molecule has 2 aromatic rings. The molecule has 3 rings (SSSR count). The van der Waals surface area contributed by atoms with Crippen molar-refractivity contribution in [3.05, 3.63) is 36.5 Å². The lowest BCUT2D eigenvalue weighted by atomic mass is 9.93. The summed E-state index contributed by atoms with van der Waals surface area (Å²) in [5.41, 5.74) is 0.340. The van der Waals surface area contributed by atoms with Crippen LogP contribution in [0.15, 0.2) is 30.9 Å². The second kappa shape index (κ2) is 7.44. The summed E-state index contributed by atoms with van der Waals surface area (Å²) in [6.45, 7) is 0. The van der Waals surface area contributed by atoms with Crippen LogP contribution in [0.5, 0.6) is 5.75 Å². The van der Waals surface area contributed by atoms with E-state index in [2.05, 4.69) is 15.3 Å². The number of methoxy groups -OCH3 is 2. The highest BCUT2D eigenvalue weighted by Gasteiger charge is 2.23. The average Bonchev–Trinajstić information content (AvgIpc) is 3.16. The Morgan fingerprint density at radius 2 is 2.04 bits per heavy atom. The molecule has 0 saturated heterocycles. The van der Waals surface area contributed by atoms with Crippen molar-refractivity contribution in [3.8, 4) is 11.6 Å². The number of amides is 1. The molecule has 0 radical (unpaired) electrons. The first kappa shape index (κ1) is 16.4. The molecule has 1 fully saturated rings. The maximum absolute atomic E-state index is 12.6. The Labute approximate surface area is 141 Å². The molecule has 0 unspecified atom stereocenters. The van der Waals surface area contributed by atoms with Crippen LogP contribution >= 0.6 is 0 Å². The topological polar surface area (TPSA) is 78.3 Å². The highest BCUT2D eigenvalue weighted by molar-refractivity contribution is 5.93. The molecule has 2 heterocycles. The number of nitrogens with zero attached hydrogens (tertiary/aromatic N) is 3. The third-order valence-corrected chi connectivity index (χ3v) is 4.37. The van der Waals surface area contributed by atoms with E-state index in [-0.39, 0.29) is 11.9 Å². The fourth-order valence-corrected chi connectivity index (χ4v) is 2.95. The maximum atomic E-state index is 12.6. The van der Waals surface area contributed by atoms with E-state index < -0.39 is 0 Å². The normalized spacial score (nSPS) is 20.6. The lowest BCUT2D eigenvalue weighted by Crippen LogP contribution is -2.39. The van der Waals surface area contributed by atoms with E-state index in [4.69, 9.17) is 9.47 Å². The smallest absolute Gasteiger partial charge is 0.270 e. The first-order valence-electron chi connectivity index (χ1n) is 8.07. The molecule has 1 saturated carbocycles. The molecule has 0 atom stereocenters. The van der Waals surface area contributed by atoms with Gasteiger partial charge >= 0.3 is 0 Å². The number of imidazole rings is 1. The monoisotopic (exact) mass is 330 g/mol. The van der Waals surface area contributed by atoms with Crippen LogP contribution in [0.2, 0.25) is 0 Å². The van der Waals surface area contributed by atoms with Crippen LogP contribution < -0.4 is 10.1 Å². The molecule has 1 aliphatic rings. The molecule has 0 bridgehead atoms. The standard InChI is InChI=1S/C17H22N4O3/c1-23-13-5-3-12(4-6-13)19-17(22)15-9-14(24-2)10-16(20-15)21-8-7-18-11-21/h7-13H,3-6H2,1-2H3,(H,19,22). The van der Waals surface area contributed by atoms with E-state index in [0.717, 1.165) is 25.7 Å². The Balaban J connectivity index is 1.73. The van der Waals surface area contributed by atoms with Gasteiger partial charge in [0, 0.05) is 37.7 Å². The second-order valence-corrected chi connectivity index (χ2v) is 5.90. The Morgan fingerprint density at radius 3 is 2.67 bits per heavy atom. The Morgan fingerprint density at radius 1 is 1.25 bits per heavy atom. The van der Waals surface area contributed by atoms with Crippen LogP contribution in [0.1, 0.15) is 36.2 Å². The second-order valence-electron chi connectivity index (χ2n) is 5.90. The van der Waals surface area contributed by atoms with Crippen LogP contribution in [-0.4, -0.2) is 46.8 Å². The summed E-state index contributed by atoms with van der Waals surface area (Å²) in [6, 6.07) is 3.58. The number of aromatic nitrogens is 3. The molecule has 128 valence electrons.